The molecule has 1 atom stereocenters. The molecule has 0 aliphatic carbocycles. The van der Waals surface area contributed by atoms with Crippen LogP contribution in [0.25, 0.3) is 0 Å². The van der Waals surface area contributed by atoms with Gasteiger partial charge in [-0.2, -0.15) is 0 Å². The predicted molar refractivity (Wildman–Crippen MR) is 270 cm³/mol. The molecule has 0 heterocycles. The van der Waals surface area contributed by atoms with E-state index in [1.54, 1.807) is 0 Å². The van der Waals surface area contributed by atoms with Gasteiger partial charge in [-0.05, 0) is 77.0 Å². The van der Waals surface area contributed by atoms with E-state index in [0.717, 1.165) is 89.9 Å². The molecule has 0 spiro atoms. The van der Waals surface area contributed by atoms with E-state index in [1.807, 2.05) is 0 Å². The largest absolute Gasteiger partial charge is 0.462 e. The minimum absolute atomic E-state index is 0.0955. The minimum Gasteiger partial charge on any atom is -0.462 e. The Bertz CT molecular complexity index is 1150. The van der Waals surface area contributed by atoms with Crippen LogP contribution in [0.3, 0.4) is 0 Å². The summed E-state index contributed by atoms with van der Waals surface area (Å²) in [6, 6.07) is 0. The zero-order valence-corrected chi connectivity index (χ0v) is 41.6. The molecule has 63 heavy (non-hydrogen) atoms. The Labute approximate surface area is 390 Å². The van der Waals surface area contributed by atoms with Crippen molar-refractivity contribution in [3.05, 3.63) is 60.8 Å². The van der Waals surface area contributed by atoms with Crippen molar-refractivity contribution in [3.63, 3.8) is 0 Å². The van der Waals surface area contributed by atoms with Crippen LogP contribution in [0.5, 0.6) is 0 Å². The van der Waals surface area contributed by atoms with E-state index in [-0.39, 0.29) is 37.5 Å². The molecule has 364 valence electrons. The van der Waals surface area contributed by atoms with Crippen LogP contribution in [0.4, 0.5) is 0 Å². The second-order valence-electron chi connectivity index (χ2n) is 17.8. The van der Waals surface area contributed by atoms with Crippen molar-refractivity contribution in [1.29, 1.82) is 0 Å². The van der Waals surface area contributed by atoms with E-state index in [9.17, 15) is 14.4 Å². The number of carbonyl (C=O) groups excluding carboxylic acids is 3. The van der Waals surface area contributed by atoms with Gasteiger partial charge in [0.25, 0.3) is 0 Å². The molecule has 0 amide bonds. The zero-order valence-electron chi connectivity index (χ0n) is 41.6. The number of carbonyl (C=O) groups is 3. The molecular formula is C57H100O6. The second kappa shape index (κ2) is 51.7. The lowest BCUT2D eigenvalue weighted by Crippen LogP contribution is -2.30. The summed E-state index contributed by atoms with van der Waals surface area (Å²) >= 11 is 0. The number of rotatable bonds is 48. The maximum absolute atomic E-state index is 12.8. The molecule has 6 heteroatoms. The molecule has 6 nitrogen and oxygen atoms in total. The summed E-state index contributed by atoms with van der Waals surface area (Å²) in [6.07, 6.45) is 63.6. The van der Waals surface area contributed by atoms with Crippen molar-refractivity contribution in [1.82, 2.24) is 0 Å². The predicted octanol–water partition coefficient (Wildman–Crippen LogP) is 17.6. The summed E-state index contributed by atoms with van der Waals surface area (Å²) in [5, 5.41) is 0. The fraction of sp³-hybridized carbons (Fsp3) is 0.772. The Hall–Kier alpha value is -2.89. The fourth-order valence-corrected chi connectivity index (χ4v) is 7.50. The van der Waals surface area contributed by atoms with E-state index in [4.69, 9.17) is 14.2 Å². The second-order valence-corrected chi connectivity index (χ2v) is 17.8. The Morgan fingerprint density at radius 3 is 1.03 bits per heavy atom. The third kappa shape index (κ3) is 50.0. The molecule has 0 saturated heterocycles. The third-order valence-electron chi connectivity index (χ3n) is 11.5. The maximum atomic E-state index is 12.8. The normalized spacial score (nSPS) is 12.5. The molecule has 0 fully saturated rings. The van der Waals surface area contributed by atoms with Crippen LogP contribution < -0.4 is 0 Å². The molecule has 0 rings (SSSR count). The van der Waals surface area contributed by atoms with Crippen molar-refractivity contribution in [2.45, 2.75) is 271 Å². The summed E-state index contributed by atoms with van der Waals surface area (Å²) in [5.41, 5.74) is 0. The number of hydrogen-bond acceptors (Lipinski definition) is 6. The summed E-state index contributed by atoms with van der Waals surface area (Å²) < 4.78 is 16.8. The van der Waals surface area contributed by atoms with E-state index in [1.165, 1.54) is 128 Å². The van der Waals surface area contributed by atoms with Crippen LogP contribution >= 0.6 is 0 Å². The summed E-state index contributed by atoms with van der Waals surface area (Å²) in [4.78, 5) is 38.0. The van der Waals surface area contributed by atoms with E-state index in [0.29, 0.717) is 19.3 Å². The van der Waals surface area contributed by atoms with Crippen LogP contribution in [0.2, 0.25) is 0 Å². The monoisotopic (exact) mass is 881 g/mol. The lowest BCUT2D eigenvalue weighted by Gasteiger charge is -2.18. The van der Waals surface area contributed by atoms with Crippen LogP contribution in [0.1, 0.15) is 265 Å². The highest BCUT2D eigenvalue weighted by molar-refractivity contribution is 5.71. The van der Waals surface area contributed by atoms with Gasteiger partial charge in [-0.3, -0.25) is 14.4 Å². The van der Waals surface area contributed by atoms with Gasteiger partial charge in [0.2, 0.25) is 0 Å². The van der Waals surface area contributed by atoms with Crippen molar-refractivity contribution >= 4 is 17.9 Å². The van der Waals surface area contributed by atoms with Crippen LogP contribution in [0.15, 0.2) is 60.8 Å². The maximum Gasteiger partial charge on any atom is 0.306 e. The molecule has 0 aliphatic heterocycles. The van der Waals surface area contributed by atoms with Gasteiger partial charge >= 0.3 is 17.9 Å². The molecule has 0 aromatic carbocycles. The minimum atomic E-state index is -0.797. The van der Waals surface area contributed by atoms with Crippen molar-refractivity contribution in [2.24, 2.45) is 0 Å². The highest BCUT2D eigenvalue weighted by Crippen LogP contribution is 2.15. The lowest BCUT2D eigenvalue weighted by atomic mass is 10.0. The topological polar surface area (TPSA) is 78.9 Å². The third-order valence-corrected chi connectivity index (χ3v) is 11.5. The zero-order chi connectivity index (χ0) is 45.8. The van der Waals surface area contributed by atoms with Crippen molar-refractivity contribution in [3.8, 4) is 0 Å². The summed E-state index contributed by atoms with van der Waals surface area (Å²) in [6.45, 7) is 6.48. The summed E-state index contributed by atoms with van der Waals surface area (Å²) in [5.74, 6) is -0.956. The smallest absolute Gasteiger partial charge is 0.306 e. The Kier molecular flexibility index (Phi) is 49.4. The molecule has 0 saturated carbocycles. The Balaban J connectivity index is 4.43. The van der Waals surface area contributed by atoms with Gasteiger partial charge < -0.3 is 14.2 Å². The van der Waals surface area contributed by atoms with Crippen LogP contribution in [0, 0.1) is 0 Å². The molecule has 0 aromatic heterocycles. The van der Waals surface area contributed by atoms with Gasteiger partial charge in [-0.1, -0.05) is 229 Å². The molecule has 0 N–H and O–H groups in total. The van der Waals surface area contributed by atoms with Crippen molar-refractivity contribution in [2.75, 3.05) is 13.2 Å². The highest BCUT2D eigenvalue weighted by atomic mass is 16.6. The molecule has 1 unspecified atom stereocenters. The SMILES string of the molecule is CC/C=C\C/C=C\CCCCCCCC(=O)OCC(COC(=O)CCC/C=C\C/C=C\C/C=C\CCCCCCCC)OC(=O)CCCCCCCCCCCCCCCCCC. The number of ether oxygens (including phenoxy) is 3. The average molecular weight is 881 g/mol. The first-order valence-electron chi connectivity index (χ1n) is 26.8. The quantitative estimate of drug-likeness (QED) is 0.0262. The molecular weight excluding hydrogens is 781 g/mol. The first kappa shape index (κ1) is 60.1. The number of allylic oxidation sites excluding steroid dienone is 10. The van der Waals surface area contributed by atoms with E-state index >= 15 is 0 Å². The molecule has 0 aromatic rings. The van der Waals surface area contributed by atoms with Gasteiger partial charge in [0.15, 0.2) is 6.10 Å². The fourth-order valence-electron chi connectivity index (χ4n) is 7.50. The number of hydrogen-bond donors (Lipinski definition) is 0. The summed E-state index contributed by atoms with van der Waals surface area (Å²) in [7, 11) is 0. The van der Waals surface area contributed by atoms with Gasteiger partial charge in [0, 0.05) is 19.3 Å². The standard InChI is InChI=1S/C57H100O6/c1-4-7-10-13-16-19-22-25-27-29-31-32-35-38-41-44-47-50-56(59)62-53-54(52-61-55(58)49-46-43-40-37-34-24-21-18-15-12-9-6-3)63-57(60)51-48-45-42-39-36-33-30-28-26-23-20-17-14-11-8-5-2/h9,12,18,21,25,27,31-32,38,41,54H,4-8,10-11,13-17,19-20,22-24,26,28-30,33-37,39-40,42-53H2,1-3H3/b12-9-,21-18-,27-25-,32-31-,41-38-. The first-order chi connectivity index (χ1) is 31.0. The molecule has 0 radical (unpaired) electrons. The van der Waals surface area contributed by atoms with E-state index < -0.39 is 6.10 Å². The van der Waals surface area contributed by atoms with Gasteiger partial charge in [-0.15, -0.1) is 0 Å². The Morgan fingerprint density at radius 2 is 0.635 bits per heavy atom. The first-order valence-corrected chi connectivity index (χ1v) is 26.8. The lowest BCUT2D eigenvalue weighted by molar-refractivity contribution is -0.167. The van der Waals surface area contributed by atoms with Crippen LogP contribution in [-0.4, -0.2) is 37.2 Å². The van der Waals surface area contributed by atoms with Gasteiger partial charge in [-0.25, -0.2) is 0 Å². The van der Waals surface area contributed by atoms with Gasteiger partial charge in [0.1, 0.15) is 13.2 Å². The van der Waals surface area contributed by atoms with Crippen LogP contribution in [-0.2, 0) is 28.6 Å². The van der Waals surface area contributed by atoms with E-state index in [2.05, 4.69) is 81.5 Å². The average Bonchev–Trinajstić information content (AvgIpc) is 3.28. The Morgan fingerprint density at radius 1 is 0.333 bits per heavy atom. The highest BCUT2D eigenvalue weighted by Gasteiger charge is 2.19. The van der Waals surface area contributed by atoms with Crippen molar-refractivity contribution < 1.29 is 28.6 Å². The molecule has 0 aliphatic rings. The number of unbranched alkanes of at least 4 members (excludes halogenated alkanes) is 27. The number of esters is 3. The molecule has 0 bridgehead atoms. The van der Waals surface area contributed by atoms with Gasteiger partial charge in [0.05, 0.1) is 0 Å².